The van der Waals surface area contributed by atoms with Gasteiger partial charge in [-0.15, -0.1) is 0 Å². The zero-order valence-electron chi connectivity index (χ0n) is 7.40. The fraction of sp³-hybridized carbons (Fsp3) is 0.100. The van der Waals surface area contributed by atoms with Gasteiger partial charge in [0.1, 0.15) is 5.69 Å². The second-order valence-corrected chi connectivity index (χ2v) is 4.09. The van der Waals surface area contributed by atoms with E-state index in [0.29, 0.717) is 6.54 Å². The van der Waals surface area contributed by atoms with Crippen LogP contribution in [0, 0.1) is 3.57 Å². The smallest absolute Gasteiger partial charge is 0.181 e. The first-order valence-corrected chi connectivity index (χ1v) is 5.27. The maximum atomic E-state index is 5.55. The van der Waals surface area contributed by atoms with Gasteiger partial charge in [-0.05, 0) is 34.7 Å². The van der Waals surface area contributed by atoms with Crippen LogP contribution in [0.2, 0.25) is 0 Å². The van der Waals surface area contributed by atoms with E-state index in [9.17, 15) is 0 Å². The van der Waals surface area contributed by atoms with Crippen molar-refractivity contribution in [2.24, 2.45) is 5.73 Å². The van der Waals surface area contributed by atoms with Gasteiger partial charge in [0.25, 0.3) is 0 Å². The predicted molar refractivity (Wildman–Crippen MR) is 62.5 cm³/mol. The number of rotatable bonds is 2. The van der Waals surface area contributed by atoms with E-state index in [0.717, 1.165) is 17.0 Å². The molecule has 0 unspecified atom stereocenters. The molecule has 0 aliphatic heterocycles. The summed E-state index contributed by atoms with van der Waals surface area (Å²) < 4.78 is 6.47. The Labute approximate surface area is 95.5 Å². The molecule has 1 heterocycles. The molecule has 2 aromatic rings. The highest BCUT2D eigenvalue weighted by Gasteiger charge is 2.08. The van der Waals surface area contributed by atoms with Crippen molar-refractivity contribution in [3.63, 3.8) is 0 Å². The molecule has 0 saturated carbocycles. The standard InChI is InChI=1S/C10H9IN2O/c11-8-3-1-2-7(4-8)10-9(5-12)13-6-14-10/h1-4,6H,5,12H2. The molecule has 0 spiro atoms. The van der Waals surface area contributed by atoms with Crippen LogP contribution in [0.3, 0.4) is 0 Å². The lowest BCUT2D eigenvalue weighted by atomic mass is 10.1. The third-order valence-corrected chi connectivity index (χ3v) is 2.59. The minimum absolute atomic E-state index is 0.400. The van der Waals surface area contributed by atoms with Crippen LogP contribution in [-0.4, -0.2) is 4.98 Å². The Kier molecular flexibility index (Phi) is 2.83. The van der Waals surface area contributed by atoms with Crippen LogP contribution in [0.1, 0.15) is 5.69 Å². The minimum Gasteiger partial charge on any atom is -0.443 e. The van der Waals surface area contributed by atoms with Gasteiger partial charge in [0, 0.05) is 15.7 Å². The van der Waals surface area contributed by atoms with E-state index >= 15 is 0 Å². The molecule has 0 radical (unpaired) electrons. The summed E-state index contributed by atoms with van der Waals surface area (Å²) in [5.41, 5.74) is 7.37. The number of nitrogens with zero attached hydrogens (tertiary/aromatic N) is 1. The lowest BCUT2D eigenvalue weighted by Crippen LogP contribution is -1.98. The maximum Gasteiger partial charge on any atom is 0.181 e. The van der Waals surface area contributed by atoms with Gasteiger partial charge in [-0.3, -0.25) is 0 Å². The van der Waals surface area contributed by atoms with Gasteiger partial charge in [0.2, 0.25) is 0 Å². The number of oxazole rings is 1. The van der Waals surface area contributed by atoms with Crippen LogP contribution in [0.25, 0.3) is 11.3 Å². The van der Waals surface area contributed by atoms with Gasteiger partial charge in [-0.2, -0.15) is 0 Å². The lowest BCUT2D eigenvalue weighted by molar-refractivity contribution is 0.571. The fourth-order valence-corrected chi connectivity index (χ4v) is 1.82. The van der Waals surface area contributed by atoms with Gasteiger partial charge >= 0.3 is 0 Å². The summed E-state index contributed by atoms with van der Waals surface area (Å²) >= 11 is 2.26. The van der Waals surface area contributed by atoms with E-state index in [-0.39, 0.29) is 0 Å². The Morgan fingerprint density at radius 1 is 1.43 bits per heavy atom. The topological polar surface area (TPSA) is 52.0 Å². The quantitative estimate of drug-likeness (QED) is 0.867. The molecular weight excluding hydrogens is 291 g/mol. The van der Waals surface area contributed by atoms with E-state index in [4.69, 9.17) is 10.2 Å². The normalized spacial score (nSPS) is 10.4. The highest BCUT2D eigenvalue weighted by atomic mass is 127. The second kappa shape index (κ2) is 4.10. The lowest BCUT2D eigenvalue weighted by Gasteiger charge is -1.99. The van der Waals surface area contributed by atoms with Crippen molar-refractivity contribution >= 4 is 22.6 Å². The van der Waals surface area contributed by atoms with Crippen molar-refractivity contribution in [1.82, 2.24) is 4.98 Å². The highest BCUT2D eigenvalue weighted by Crippen LogP contribution is 2.24. The average Bonchev–Trinajstić information content (AvgIpc) is 2.65. The number of aromatic nitrogens is 1. The Morgan fingerprint density at radius 2 is 2.29 bits per heavy atom. The first-order chi connectivity index (χ1) is 6.81. The van der Waals surface area contributed by atoms with Crippen molar-refractivity contribution in [3.8, 4) is 11.3 Å². The van der Waals surface area contributed by atoms with Crippen molar-refractivity contribution < 1.29 is 4.42 Å². The van der Waals surface area contributed by atoms with E-state index in [2.05, 4.69) is 27.6 Å². The summed E-state index contributed by atoms with van der Waals surface area (Å²) in [6.07, 6.45) is 1.43. The van der Waals surface area contributed by atoms with E-state index < -0.39 is 0 Å². The first-order valence-electron chi connectivity index (χ1n) is 4.19. The van der Waals surface area contributed by atoms with E-state index in [1.807, 2.05) is 24.3 Å². The van der Waals surface area contributed by atoms with Crippen LogP contribution in [0.5, 0.6) is 0 Å². The molecule has 0 fully saturated rings. The Bertz CT molecular complexity index is 439. The van der Waals surface area contributed by atoms with Crippen molar-refractivity contribution in [2.75, 3.05) is 0 Å². The molecule has 2 N–H and O–H groups in total. The van der Waals surface area contributed by atoms with Crippen LogP contribution in [0.15, 0.2) is 35.1 Å². The minimum atomic E-state index is 0.400. The van der Waals surface area contributed by atoms with Crippen LogP contribution >= 0.6 is 22.6 Å². The van der Waals surface area contributed by atoms with Crippen LogP contribution in [-0.2, 0) is 6.54 Å². The largest absolute Gasteiger partial charge is 0.443 e. The molecule has 14 heavy (non-hydrogen) atoms. The molecule has 0 amide bonds. The average molecular weight is 300 g/mol. The Balaban J connectivity index is 2.49. The predicted octanol–water partition coefficient (Wildman–Crippen LogP) is 2.40. The van der Waals surface area contributed by atoms with E-state index in [1.54, 1.807) is 0 Å². The number of halogens is 1. The molecule has 4 heteroatoms. The van der Waals surface area contributed by atoms with Gasteiger partial charge in [0.05, 0.1) is 0 Å². The number of hydrogen-bond acceptors (Lipinski definition) is 3. The molecule has 72 valence electrons. The zero-order chi connectivity index (χ0) is 9.97. The molecule has 0 aliphatic carbocycles. The van der Waals surface area contributed by atoms with Gasteiger partial charge in [0.15, 0.2) is 12.2 Å². The third kappa shape index (κ3) is 1.80. The van der Waals surface area contributed by atoms with Crippen LogP contribution in [0.4, 0.5) is 0 Å². The maximum absolute atomic E-state index is 5.55. The number of benzene rings is 1. The first kappa shape index (κ1) is 9.67. The SMILES string of the molecule is NCc1ncoc1-c1cccc(I)c1. The molecule has 3 nitrogen and oxygen atoms in total. The third-order valence-electron chi connectivity index (χ3n) is 1.92. The molecule has 1 aromatic heterocycles. The van der Waals surface area contributed by atoms with Gasteiger partial charge in [-0.1, -0.05) is 12.1 Å². The fourth-order valence-electron chi connectivity index (χ4n) is 1.28. The monoisotopic (exact) mass is 300 g/mol. The van der Waals surface area contributed by atoms with Gasteiger partial charge in [-0.25, -0.2) is 4.98 Å². The molecule has 0 bridgehead atoms. The summed E-state index contributed by atoms with van der Waals surface area (Å²) in [6.45, 7) is 0.400. The molecule has 2 rings (SSSR count). The highest BCUT2D eigenvalue weighted by molar-refractivity contribution is 14.1. The number of nitrogens with two attached hydrogens (primary N) is 1. The summed E-state index contributed by atoms with van der Waals surface area (Å²) in [7, 11) is 0. The second-order valence-electron chi connectivity index (χ2n) is 2.84. The molecule has 0 atom stereocenters. The van der Waals surface area contributed by atoms with Crippen molar-refractivity contribution in [2.45, 2.75) is 6.54 Å². The van der Waals surface area contributed by atoms with E-state index in [1.165, 1.54) is 9.96 Å². The van der Waals surface area contributed by atoms with Gasteiger partial charge < -0.3 is 10.2 Å². The van der Waals surface area contributed by atoms with Crippen LogP contribution < -0.4 is 5.73 Å². The Morgan fingerprint density at radius 3 is 3.00 bits per heavy atom. The summed E-state index contributed by atoms with van der Waals surface area (Å²) in [5.74, 6) is 0.769. The molecule has 0 aliphatic rings. The molecule has 1 aromatic carbocycles. The zero-order valence-corrected chi connectivity index (χ0v) is 9.56. The summed E-state index contributed by atoms with van der Waals surface area (Å²) in [4.78, 5) is 4.05. The van der Waals surface area contributed by atoms with Crippen molar-refractivity contribution in [1.29, 1.82) is 0 Å². The number of hydrogen-bond donors (Lipinski definition) is 1. The molecule has 0 saturated heterocycles. The summed E-state index contributed by atoms with van der Waals surface area (Å²) in [5, 5.41) is 0. The summed E-state index contributed by atoms with van der Waals surface area (Å²) in [6, 6.07) is 8.05. The Hall–Kier alpha value is -0.880. The van der Waals surface area contributed by atoms with Crippen molar-refractivity contribution in [3.05, 3.63) is 39.9 Å². The molecular formula is C10H9IN2O.